The van der Waals surface area contributed by atoms with Crippen LogP contribution in [-0.2, 0) is 11.2 Å². The van der Waals surface area contributed by atoms with Gasteiger partial charge in [-0.15, -0.1) is 0 Å². The van der Waals surface area contributed by atoms with Gasteiger partial charge < -0.3 is 10.5 Å². The second-order valence-corrected chi connectivity index (χ2v) is 5.17. The summed E-state index contributed by atoms with van der Waals surface area (Å²) in [4.78, 5) is 11.9. The van der Waals surface area contributed by atoms with Gasteiger partial charge in [0.05, 0.1) is 12.2 Å². The molecule has 2 N–H and O–H groups in total. The van der Waals surface area contributed by atoms with Crippen LogP contribution in [0.1, 0.15) is 34.3 Å². The van der Waals surface area contributed by atoms with E-state index in [4.69, 9.17) is 10.5 Å². The second-order valence-electron chi connectivity index (χ2n) is 5.17. The lowest BCUT2D eigenvalue weighted by Crippen LogP contribution is -2.09. The van der Waals surface area contributed by atoms with Gasteiger partial charge >= 0.3 is 5.97 Å². The smallest absolute Gasteiger partial charge is 0.340 e. The first-order chi connectivity index (χ1) is 10.2. The van der Waals surface area contributed by atoms with Crippen molar-refractivity contribution in [2.24, 2.45) is 0 Å². The van der Waals surface area contributed by atoms with Crippen LogP contribution in [0.2, 0.25) is 0 Å². The molecule has 0 heterocycles. The van der Waals surface area contributed by atoms with E-state index in [9.17, 15) is 4.79 Å². The lowest BCUT2D eigenvalue weighted by Gasteiger charge is -2.08. The monoisotopic (exact) mass is 283 g/mol. The Kier molecular flexibility index (Phi) is 5.38. The number of hydrogen-bond donors (Lipinski definition) is 1. The van der Waals surface area contributed by atoms with Gasteiger partial charge in [0, 0.05) is 5.69 Å². The zero-order valence-electron chi connectivity index (χ0n) is 12.3. The van der Waals surface area contributed by atoms with Crippen LogP contribution in [0.3, 0.4) is 0 Å². The largest absolute Gasteiger partial charge is 0.462 e. The highest BCUT2D eigenvalue weighted by atomic mass is 16.5. The van der Waals surface area contributed by atoms with E-state index in [2.05, 4.69) is 12.1 Å². The number of nitrogen functional groups attached to an aromatic ring is 1. The Morgan fingerprint density at radius 3 is 2.62 bits per heavy atom. The van der Waals surface area contributed by atoms with Gasteiger partial charge in [-0.05, 0) is 43.9 Å². The molecule has 21 heavy (non-hydrogen) atoms. The number of aryl methyl sites for hydroxylation is 2. The van der Waals surface area contributed by atoms with Gasteiger partial charge in [-0.25, -0.2) is 4.79 Å². The maximum Gasteiger partial charge on any atom is 0.340 e. The van der Waals surface area contributed by atoms with Crippen molar-refractivity contribution >= 4 is 11.7 Å². The van der Waals surface area contributed by atoms with E-state index in [1.54, 1.807) is 12.1 Å². The van der Waals surface area contributed by atoms with Crippen molar-refractivity contribution in [1.82, 2.24) is 0 Å². The number of ether oxygens (including phenoxy) is 1. The van der Waals surface area contributed by atoms with Gasteiger partial charge in [0.25, 0.3) is 0 Å². The third kappa shape index (κ3) is 4.63. The minimum absolute atomic E-state index is 0.337. The predicted molar refractivity (Wildman–Crippen MR) is 85.3 cm³/mol. The lowest BCUT2D eigenvalue weighted by molar-refractivity contribution is 0.0499. The molecule has 110 valence electrons. The lowest BCUT2D eigenvalue weighted by atomic mass is 10.1. The highest BCUT2D eigenvalue weighted by molar-refractivity contribution is 5.95. The molecule has 0 radical (unpaired) electrons. The van der Waals surface area contributed by atoms with E-state index in [-0.39, 0.29) is 5.97 Å². The molecule has 0 atom stereocenters. The summed E-state index contributed by atoms with van der Waals surface area (Å²) in [5.41, 5.74) is 9.03. The Hall–Kier alpha value is -2.29. The normalized spacial score (nSPS) is 10.3. The molecular formula is C18H21NO2. The number of benzene rings is 2. The molecule has 0 aliphatic heterocycles. The zero-order chi connectivity index (χ0) is 15.1. The van der Waals surface area contributed by atoms with E-state index in [1.807, 2.05) is 31.2 Å². The summed E-state index contributed by atoms with van der Waals surface area (Å²) in [5.74, 6) is -0.337. The molecule has 0 aromatic heterocycles. The Balaban J connectivity index is 1.73. The first-order valence-corrected chi connectivity index (χ1v) is 7.24. The molecule has 0 bridgehead atoms. The summed E-state index contributed by atoms with van der Waals surface area (Å²) in [7, 11) is 0. The summed E-state index contributed by atoms with van der Waals surface area (Å²) in [6.07, 6.45) is 2.86. The first-order valence-electron chi connectivity index (χ1n) is 7.24. The van der Waals surface area contributed by atoms with Crippen LogP contribution < -0.4 is 5.73 Å². The second kappa shape index (κ2) is 7.48. The molecule has 0 saturated carbocycles. The van der Waals surface area contributed by atoms with Gasteiger partial charge in [-0.1, -0.05) is 42.0 Å². The standard InChI is InChI=1S/C18H21NO2/c1-14-10-11-17(19)16(13-14)18(20)21-12-6-5-9-15-7-3-2-4-8-15/h2-4,7-8,10-11,13H,5-6,9,12,19H2,1H3. The summed E-state index contributed by atoms with van der Waals surface area (Å²) >= 11 is 0. The predicted octanol–water partition coefficient (Wildman–Crippen LogP) is 3.76. The molecule has 0 unspecified atom stereocenters. The Morgan fingerprint density at radius 1 is 1.10 bits per heavy atom. The van der Waals surface area contributed by atoms with Crippen molar-refractivity contribution < 1.29 is 9.53 Å². The van der Waals surface area contributed by atoms with Crippen LogP contribution in [0.5, 0.6) is 0 Å². The van der Waals surface area contributed by atoms with Crippen LogP contribution in [0.15, 0.2) is 48.5 Å². The number of carbonyl (C=O) groups excluding carboxylic acids is 1. The Labute approximate surface area is 125 Å². The van der Waals surface area contributed by atoms with Crippen molar-refractivity contribution in [2.45, 2.75) is 26.2 Å². The first kappa shape index (κ1) is 15.1. The fourth-order valence-electron chi connectivity index (χ4n) is 2.17. The zero-order valence-corrected chi connectivity index (χ0v) is 12.3. The Bertz CT molecular complexity index is 593. The van der Waals surface area contributed by atoms with Crippen LogP contribution >= 0.6 is 0 Å². The van der Waals surface area contributed by atoms with Gasteiger partial charge in [0.2, 0.25) is 0 Å². The summed E-state index contributed by atoms with van der Waals surface area (Å²) in [6.45, 7) is 2.36. The third-order valence-electron chi connectivity index (χ3n) is 3.36. The number of nitrogens with two attached hydrogens (primary N) is 1. The maximum absolute atomic E-state index is 11.9. The average Bonchev–Trinajstić information content (AvgIpc) is 2.50. The molecule has 0 aliphatic rings. The van der Waals surface area contributed by atoms with Crippen molar-refractivity contribution in [1.29, 1.82) is 0 Å². The number of esters is 1. The van der Waals surface area contributed by atoms with Gasteiger partial charge in [-0.2, -0.15) is 0 Å². The van der Waals surface area contributed by atoms with E-state index < -0.39 is 0 Å². The SMILES string of the molecule is Cc1ccc(N)c(C(=O)OCCCCc2ccccc2)c1. The molecule has 2 aromatic rings. The van der Waals surface area contributed by atoms with E-state index in [1.165, 1.54) is 5.56 Å². The van der Waals surface area contributed by atoms with Crippen molar-refractivity contribution in [3.63, 3.8) is 0 Å². The highest BCUT2D eigenvalue weighted by Gasteiger charge is 2.10. The molecule has 0 aliphatic carbocycles. The summed E-state index contributed by atoms with van der Waals surface area (Å²) in [5, 5.41) is 0. The van der Waals surface area contributed by atoms with Crippen LogP contribution in [0.25, 0.3) is 0 Å². The number of unbranched alkanes of at least 4 members (excludes halogenated alkanes) is 1. The molecule has 0 spiro atoms. The molecule has 0 saturated heterocycles. The molecule has 0 fully saturated rings. The third-order valence-corrected chi connectivity index (χ3v) is 3.36. The highest BCUT2D eigenvalue weighted by Crippen LogP contribution is 2.15. The van der Waals surface area contributed by atoms with Crippen molar-refractivity contribution in [3.05, 3.63) is 65.2 Å². The van der Waals surface area contributed by atoms with E-state index in [0.717, 1.165) is 24.8 Å². The minimum atomic E-state index is -0.337. The van der Waals surface area contributed by atoms with Crippen LogP contribution in [0, 0.1) is 6.92 Å². The molecule has 3 nitrogen and oxygen atoms in total. The maximum atomic E-state index is 11.9. The van der Waals surface area contributed by atoms with Crippen molar-refractivity contribution in [2.75, 3.05) is 12.3 Å². The average molecular weight is 283 g/mol. The van der Waals surface area contributed by atoms with Gasteiger partial charge in [0.15, 0.2) is 0 Å². The quantitative estimate of drug-likeness (QED) is 0.499. The number of rotatable bonds is 6. The fourth-order valence-corrected chi connectivity index (χ4v) is 2.17. The van der Waals surface area contributed by atoms with E-state index >= 15 is 0 Å². The Morgan fingerprint density at radius 2 is 1.86 bits per heavy atom. The summed E-state index contributed by atoms with van der Waals surface area (Å²) < 4.78 is 5.28. The van der Waals surface area contributed by atoms with Crippen LogP contribution in [-0.4, -0.2) is 12.6 Å². The number of hydrogen-bond acceptors (Lipinski definition) is 3. The van der Waals surface area contributed by atoms with E-state index in [0.29, 0.717) is 17.9 Å². The topological polar surface area (TPSA) is 52.3 Å². The van der Waals surface area contributed by atoms with Crippen molar-refractivity contribution in [3.8, 4) is 0 Å². The van der Waals surface area contributed by atoms with Crippen LogP contribution in [0.4, 0.5) is 5.69 Å². The molecule has 3 heteroatoms. The minimum Gasteiger partial charge on any atom is -0.462 e. The fraction of sp³-hybridized carbons (Fsp3) is 0.278. The molecular weight excluding hydrogens is 262 g/mol. The number of carbonyl (C=O) groups is 1. The summed E-state index contributed by atoms with van der Waals surface area (Å²) in [6, 6.07) is 15.7. The van der Waals surface area contributed by atoms with Gasteiger partial charge in [-0.3, -0.25) is 0 Å². The molecule has 2 aromatic carbocycles. The number of anilines is 1. The molecule has 2 rings (SSSR count). The molecule has 0 amide bonds. The van der Waals surface area contributed by atoms with Gasteiger partial charge in [0.1, 0.15) is 0 Å².